The minimum Gasteiger partial charge on any atom is -0.495 e. The maximum Gasteiger partial charge on any atom is 0.262 e. The fourth-order valence-electron chi connectivity index (χ4n) is 2.11. The van der Waals surface area contributed by atoms with E-state index in [0.717, 1.165) is 11.4 Å². The van der Waals surface area contributed by atoms with Gasteiger partial charge in [0.1, 0.15) is 11.4 Å². The number of aryl methyl sites for hydroxylation is 2. The van der Waals surface area contributed by atoms with Crippen LogP contribution in [0.25, 0.3) is 0 Å². The lowest BCUT2D eigenvalue weighted by Crippen LogP contribution is -2.20. The fraction of sp³-hybridized carbons (Fsp3) is 0.333. The van der Waals surface area contributed by atoms with Crippen LogP contribution in [0.1, 0.15) is 11.4 Å². The maximum atomic E-state index is 11.9. The Morgan fingerprint density at radius 1 is 1.39 bits per heavy atom. The zero-order valence-corrected chi connectivity index (χ0v) is 14.4. The van der Waals surface area contributed by atoms with E-state index in [9.17, 15) is 4.79 Å². The standard InChI is InChI=1S/C15H20N4O3.ClH/c1-9-15(10(2)19(3)18-9)22-8-14(20)17-11-5-6-13(21-4)12(16)7-11;/h5-7H,8,16H2,1-4H3,(H,17,20);1H. The zero-order chi connectivity index (χ0) is 16.3. The molecule has 0 fully saturated rings. The molecule has 0 aliphatic rings. The van der Waals surface area contributed by atoms with Gasteiger partial charge in [-0.25, -0.2) is 0 Å². The van der Waals surface area contributed by atoms with Gasteiger partial charge in [0.15, 0.2) is 12.4 Å². The largest absolute Gasteiger partial charge is 0.495 e. The number of carbonyl (C=O) groups is 1. The van der Waals surface area contributed by atoms with Crippen LogP contribution >= 0.6 is 12.4 Å². The van der Waals surface area contributed by atoms with Gasteiger partial charge in [0, 0.05) is 12.7 Å². The second-order valence-corrected chi connectivity index (χ2v) is 4.92. The second-order valence-electron chi connectivity index (χ2n) is 4.92. The lowest BCUT2D eigenvalue weighted by molar-refractivity contribution is -0.118. The first-order valence-corrected chi connectivity index (χ1v) is 6.78. The Morgan fingerprint density at radius 3 is 2.61 bits per heavy atom. The van der Waals surface area contributed by atoms with Crippen molar-refractivity contribution in [3.8, 4) is 11.5 Å². The highest BCUT2D eigenvalue weighted by molar-refractivity contribution is 5.92. The first-order chi connectivity index (χ1) is 10.4. The number of amides is 1. The maximum absolute atomic E-state index is 11.9. The molecule has 23 heavy (non-hydrogen) atoms. The Bertz CT molecular complexity index is 700. The van der Waals surface area contributed by atoms with Gasteiger partial charge in [-0.2, -0.15) is 5.10 Å². The summed E-state index contributed by atoms with van der Waals surface area (Å²) in [4.78, 5) is 11.9. The minimum atomic E-state index is -0.271. The molecule has 0 radical (unpaired) electrons. The molecular formula is C15H21ClN4O3. The number of anilines is 2. The Labute approximate surface area is 141 Å². The summed E-state index contributed by atoms with van der Waals surface area (Å²) in [5, 5.41) is 6.96. The summed E-state index contributed by atoms with van der Waals surface area (Å²) in [7, 11) is 3.37. The summed E-state index contributed by atoms with van der Waals surface area (Å²) < 4.78 is 12.3. The van der Waals surface area contributed by atoms with E-state index in [1.165, 1.54) is 7.11 Å². The van der Waals surface area contributed by atoms with Crippen LogP contribution in [0.5, 0.6) is 11.5 Å². The molecule has 1 aromatic carbocycles. The van der Waals surface area contributed by atoms with Gasteiger partial charge in [-0.3, -0.25) is 9.48 Å². The van der Waals surface area contributed by atoms with E-state index >= 15 is 0 Å². The summed E-state index contributed by atoms with van der Waals surface area (Å²) in [5.41, 5.74) is 8.47. The highest BCUT2D eigenvalue weighted by Gasteiger charge is 2.13. The molecule has 0 saturated carbocycles. The van der Waals surface area contributed by atoms with Crippen LogP contribution in [0.15, 0.2) is 18.2 Å². The molecule has 0 aliphatic carbocycles. The van der Waals surface area contributed by atoms with Crippen LogP contribution in [-0.2, 0) is 11.8 Å². The highest BCUT2D eigenvalue weighted by atomic mass is 35.5. The van der Waals surface area contributed by atoms with Crippen molar-refractivity contribution in [2.75, 3.05) is 24.8 Å². The van der Waals surface area contributed by atoms with Gasteiger partial charge in [-0.15, -0.1) is 12.4 Å². The molecule has 1 aromatic heterocycles. The van der Waals surface area contributed by atoms with Gasteiger partial charge in [0.05, 0.1) is 18.5 Å². The third kappa shape index (κ3) is 4.29. The molecule has 0 spiro atoms. The molecule has 0 atom stereocenters. The van der Waals surface area contributed by atoms with Crippen molar-refractivity contribution in [3.05, 3.63) is 29.6 Å². The van der Waals surface area contributed by atoms with Crippen molar-refractivity contribution < 1.29 is 14.3 Å². The average molecular weight is 341 g/mol. The van der Waals surface area contributed by atoms with Gasteiger partial charge in [0.25, 0.3) is 5.91 Å². The topological polar surface area (TPSA) is 91.4 Å². The van der Waals surface area contributed by atoms with Crippen molar-refractivity contribution in [2.24, 2.45) is 7.05 Å². The molecule has 1 heterocycles. The Balaban J connectivity index is 0.00000264. The van der Waals surface area contributed by atoms with Crippen molar-refractivity contribution in [1.29, 1.82) is 0 Å². The first-order valence-electron chi connectivity index (χ1n) is 6.78. The number of halogens is 1. The molecule has 8 heteroatoms. The predicted molar refractivity (Wildman–Crippen MR) is 91.5 cm³/mol. The lowest BCUT2D eigenvalue weighted by Gasteiger charge is -2.10. The smallest absolute Gasteiger partial charge is 0.262 e. The molecule has 2 rings (SSSR count). The highest BCUT2D eigenvalue weighted by Crippen LogP contribution is 2.25. The SMILES string of the molecule is COc1ccc(NC(=O)COc2c(C)nn(C)c2C)cc1N.Cl. The van der Waals surface area contributed by atoms with Crippen molar-refractivity contribution in [1.82, 2.24) is 9.78 Å². The van der Waals surface area contributed by atoms with Gasteiger partial charge in [-0.1, -0.05) is 0 Å². The number of nitrogens with two attached hydrogens (primary N) is 1. The van der Waals surface area contributed by atoms with E-state index in [1.807, 2.05) is 20.9 Å². The van der Waals surface area contributed by atoms with Gasteiger partial charge < -0.3 is 20.5 Å². The third-order valence-electron chi connectivity index (χ3n) is 3.30. The molecular weight excluding hydrogens is 320 g/mol. The number of ether oxygens (including phenoxy) is 2. The van der Waals surface area contributed by atoms with E-state index in [-0.39, 0.29) is 24.9 Å². The molecule has 2 aromatic rings. The molecule has 3 N–H and O–H groups in total. The summed E-state index contributed by atoms with van der Waals surface area (Å²) in [6.07, 6.45) is 0. The van der Waals surface area contributed by atoms with Gasteiger partial charge in [0.2, 0.25) is 0 Å². The minimum absolute atomic E-state index is 0. The van der Waals surface area contributed by atoms with Crippen LogP contribution in [0.3, 0.4) is 0 Å². The van der Waals surface area contributed by atoms with Crippen LogP contribution in [0.4, 0.5) is 11.4 Å². The fourth-order valence-corrected chi connectivity index (χ4v) is 2.11. The monoisotopic (exact) mass is 340 g/mol. The normalized spacial score (nSPS) is 9.91. The number of hydrogen-bond donors (Lipinski definition) is 2. The van der Waals surface area contributed by atoms with Crippen molar-refractivity contribution >= 4 is 29.7 Å². The Kier molecular flexibility index (Phi) is 6.27. The summed E-state index contributed by atoms with van der Waals surface area (Å²) >= 11 is 0. The molecule has 0 aliphatic heterocycles. The Hall–Kier alpha value is -2.41. The lowest BCUT2D eigenvalue weighted by atomic mass is 10.2. The number of nitrogens with zero attached hydrogens (tertiary/aromatic N) is 2. The zero-order valence-electron chi connectivity index (χ0n) is 13.5. The molecule has 126 valence electrons. The van der Waals surface area contributed by atoms with Crippen molar-refractivity contribution in [3.63, 3.8) is 0 Å². The number of benzene rings is 1. The predicted octanol–water partition coefficient (Wildman–Crippen LogP) is 2.07. The number of carbonyl (C=O) groups excluding carboxylic acids is 1. The second kappa shape index (κ2) is 7.73. The number of aromatic nitrogens is 2. The van der Waals surface area contributed by atoms with E-state index in [0.29, 0.717) is 22.9 Å². The summed E-state index contributed by atoms with van der Waals surface area (Å²) in [5.74, 6) is 0.926. The first kappa shape index (κ1) is 18.6. The Morgan fingerprint density at radius 2 is 2.09 bits per heavy atom. The quantitative estimate of drug-likeness (QED) is 0.813. The van der Waals surface area contributed by atoms with Crippen LogP contribution in [-0.4, -0.2) is 29.4 Å². The average Bonchev–Trinajstić information content (AvgIpc) is 2.70. The van der Waals surface area contributed by atoms with Crippen molar-refractivity contribution in [2.45, 2.75) is 13.8 Å². The third-order valence-corrected chi connectivity index (χ3v) is 3.30. The number of nitrogens with one attached hydrogen (secondary N) is 1. The molecule has 0 saturated heterocycles. The van der Waals surface area contributed by atoms with Gasteiger partial charge >= 0.3 is 0 Å². The molecule has 0 unspecified atom stereocenters. The van der Waals surface area contributed by atoms with Crippen LogP contribution < -0.4 is 20.5 Å². The van der Waals surface area contributed by atoms with E-state index < -0.39 is 0 Å². The van der Waals surface area contributed by atoms with E-state index in [1.54, 1.807) is 22.9 Å². The number of nitrogen functional groups attached to an aromatic ring is 1. The van der Waals surface area contributed by atoms with Crippen LogP contribution in [0.2, 0.25) is 0 Å². The van der Waals surface area contributed by atoms with Gasteiger partial charge in [-0.05, 0) is 32.0 Å². The summed E-state index contributed by atoms with van der Waals surface area (Å²) in [6, 6.07) is 5.05. The summed E-state index contributed by atoms with van der Waals surface area (Å²) in [6.45, 7) is 3.63. The van der Waals surface area contributed by atoms with E-state index in [4.69, 9.17) is 15.2 Å². The van der Waals surface area contributed by atoms with Crippen LogP contribution in [0, 0.1) is 13.8 Å². The molecule has 7 nitrogen and oxygen atoms in total. The number of methoxy groups -OCH3 is 1. The molecule has 0 bridgehead atoms. The molecule has 1 amide bonds. The number of rotatable bonds is 5. The number of hydrogen-bond acceptors (Lipinski definition) is 5. The van der Waals surface area contributed by atoms with E-state index in [2.05, 4.69) is 10.4 Å².